The van der Waals surface area contributed by atoms with E-state index in [0.29, 0.717) is 10.4 Å². The van der Waals surface area contributed by atoms with Gasteiger partial charge in [0, 0.05) is 6.07 Å². The lowest BCUT2D eigenvalue weighted by atomic mass is 10.4. The number of hydrogen-bond donors (Lipinski definition) is 1. The van der Waals surface area contributed by atoms with E-state index in [1.807, 2.05) is 0 Å². The van der Waals surface area contributed by atoms with Gasteiger partial charge in [0.25, 0.3) is 0 Å². The Morgan fingerprint density at radius 2 is 2.44 bits per heavy atom. The maximum absolute atomic E-state index is 10.4. The van der Waals surface area contributed by atoms with Crippen molar-refractivity contribution in [3.63, 3.8) is 0 Å². The third-order valence-corrected chi connectivity index (χ3v) is 0.889. The summed E-state index contributed by atoms with van der Waals surface area (Å²) in [6, 6.07) is 3.13. The van der Waals surface area contributed by atoms with Crippen molar-refractivity contribution in [1.82, 2.24) is 0 Å². The van der Waals surface area contributed by atoms with Crippen LogP contribution >= 0.6 is 0 Å². The van der Waals surface area contributed by atoms with Crippen LogP contribution in [-0.2, 0) is 0 Å². The van der Waals surface area contributed by atoms with Crippen LogP contribution in [0, 0.1) is 10.7 Å². The number of nitrogens with zero attached hydrogens (tertiary/aromatic N) is 2. The van der Waals surface area contributed by atoms with Crippen molar-refractivity contribution in [2.75, 3.05) is 0 Å². The third-order valence-electron chi connectivity index (χ3n) is 0.889. The summed E-state index contributed by atoms with van der Waals surface area (Å²) in [6.07, 6.45) is 2.57. The second kappa shape index (κ2) is 2.21. The van der Waals surface area contributed by atoms with Crippen molar-refractivity contribution >= 4 is 5.69 Å². The molecule has 0 aliphatic carbocycles. The van der Waals surface area contributed by atoms with E-state index < -0.39 is 0 Å². The summed E-state index contributed by atoms with van der Waals surface area (Å²) >= 11 is 0. The number of nitrogens with one attached hydrogen (secondary N) is 1. The number of hydrogen-bond acceptors (Lipinski definition) is 3. The summed E-state index contributed by atoms with van der Waals surface area (Å²) in [5.41, 5.74) is 6.88. The molecule has 0 aromatic carbocycles. The van der Waals surface area contributed by atoms with Gasteiger partial charge in [-0.2, -0.15) is 9.84 Å². The first-order chi connectivity index (χ1) is 4.33. The van der Waals surface area contributed by atoms with Gasteiger partial charge in [-0.25, -0.2) is 5.53 Å². The van der Waals surface area contributed by atoms with Crippen molar-refractivity contribution in [1.29, 1.82) is 5.53 Å². The van der Waals surface area contributed by atoms with Crippen molar-refractivity contribution in [3.05, 3.63) is 29.7 Å². The molecule has 4 nitrogen and oxygen atoms in total. The fourth-order valence-corrected chi connectivity index (χ4v) is 0.509. The van der Waals surface area contributed by atoms with Crippen LogP contribution in [0.3, 0.4) is 0 Å². The Balaban J connectivity index is 3.07. The lowest BCUT2D eigenvalue weighted by Crippen LogP contribution is -2.23. The molecule has 0 amide bonds. The summed E-state index contributed by atoms with van der Waals surface area (Å²) in [4.78, 5) is 0. The third kappa shape index (κ3) is 1.22. The highest BCUT2D eigenvalue weighted by Gasteiger charge is 1.90. The summed E-state index contributed by atoms with van der Waals surface area (Å²) < 4.78 is 0.605. The topological polar surface area (TPSA) is 63.2 Å². The van der Waals surface area contributed by atoms with Crippen molar-refractivity contribution < 1.29 is 4.73 Å². The first-order valence-electron chi connectivity index (χ1n) is 2.39. The molecule has 46 valence electrons. The monoisotopic (exact) mass is 123 g/mol. The predicted octanol–water partition coefficient (Wildman–Crippen LogP) is 0.982. The van der Waals surface area contributed by atoms with E-state index >= 15 is 0 Å². The molecule has 1 heterocycles. The molecule has 0 fully saturated rings. The van der Waals surface area contributed by atoms with Gasteiger partial charge in [0.1, 0.15) is 5.69 Å². The molecule has 0 unspecified atom stereocenters. The molecule has 4 heteroatoms. The van der Waals surface area contributed by atoms with Crippen molar-refractivity contribution in [2.24, 2.45) is 5.11 Å². The number of aromatic nitrogens is 1. The van der Waals surface area contributed by atoms with Crippen LogP contribution < -0.4 is 4.73 Å². The maximum atomic E-state index is 10.4. The van der Waals surface area contributed by atoms with E-state index in [-0.39, 0.29) is 0 Å². The fourth-order valence-electron chi connectivity index (χ4n) is 0.509. The molecule has 1 rings (SSSR count). The Morgan fingerprint density at radius 3 is 2.89 bits per heavy atom. The zero-order valence-electron chi connectivity index (χ0n) is 4.61. The highest BCUT2D eigenvalue weighted by atomic mass is 16.5. The first-order valence-corrected chi connectivity index (χ1v) is 2.39. The summed E-state index contributed by atoms with van der Waals surface area (Å²) in [5, 5.41) is 13.5. The van der Waals surface area contributed by atoms with Crippen LogP contribution in [0.25, 0.3) is 0 Å². The molecular formula is C5H5N3O. The number of pyridine rings is 1. The summed E-state index contributed by atoms with van der Waals surface area (Å²) in [6.45, 7) is 0. The van der Waals surface area contributed by atoms with Gasteiger partial charge in [0.2, 0.25) is 6.20 Å². The van der Waals surface area contributed by atoms with Crippen LogP contribution in [0.4, 0.5) is 5.69 Å². The standard InChI is InChI=1S/C5H5N3O/c6-7-5-2-1-3-8(9)4-5/h1-4,6H. The lowest BCUT2D eigenvalue weighted by molar-refractivity contribution is -0.604. The summed E-state index contributed by atoms with van der Waals surface area (Å²) in [5.74, 6) is 0. The lowest BCUT2D eigenvalue weighted by Gasteiger charge is -1.92. The van der Waals surface area contributed by atoms with Crippen molar-refractivity contribution in [3.8, 4) is 0 Å². The van der Waals surface area contributed by atoms with Crippen LogP contribution in [0.2, 0.25) is 0 Å². The predicted molar refractivity (Wildman–Crippen MR) is 30.2 cm³/mol. The molecule has 0 radical (unpaired) electrons. The molecular weight excluding hydrogens is 118 g/mol. The number of rotatable bonds is 1. The van der Waals surface area contributed by atoms with Gasteiger partial charge >= 0.3 is 0 Å². The molecule has 1 aromatic rings. The van der Waals surface area contributed by atoms with E-state index in [4.69, 9.17) is 5.53 Å². The maximum Gasteiger partial charge on any atom is 0.207 e. The Bertz CT molecular complexity index is 223. The minimum atomic E-state index is 0.368. The highest BCUT2D eigenvalue weighted by molar-refractivity contribution is 5.28. The van der Waals surface area contributed by atoms with Gasteiger partial charge < -0.3 is 5.21 Å². The van der Waals surface area contributed by atoms with Crippen LogP contribution in [0.5, 0.6) is 0 Å². The average molecular weight is 123 g/mol. The molecule has 0 spiro atoms. The summed E-state index contributed by atoms with van der Waals surface area (Å²) in [7, 11) is 0. The van der Waals surface area contributed by atoms with Gasteiger partial charge in [-0.15, -0.1) is 0 Å². The molecule has 9 heavy (non-hydrogen) atoms. The van der Waals surface area contributed by atoms with E-state index in [0.717, 1.165) is 0 Å². The molecule has 0 aliphatic rings. The Morgan fingerprint density at radius 1 is 1.67 bits per heavy atom. The van der Waals surface area contributed by atoms with E-state index in [1.165, 1.54) is 12.4 Å². The van der Waals surface area contributed by atoms with E-state index in [9.17, 15) is 5.21 Å². The molecule has 0 atom stereocenters. The minimum absolute atomic E-state index is 0.368. The molecule has 1 N–H and O–H groups in total. The van der Waals surface area contributed by atoms with Crippen LogP contribution in [-0.4, -0.2) is 0 Å². The van der Waals surface area contributed by atoms with Gasteiger partial charge in [-0.1, -0.05) is 0 Å². The van der Waals surface area contributed by atoms with Crippen molar-refractivity contribution in [2.45, 2.75) is 0 Å². The first kappa shape index (κ1) is 5.68. The van der Waals surface area contributed by atoms with Crippen LogP contribution in [0.1, 0.15) is 0 Å². The SMILES string of the molecule is N=Nc1ccc[n+]([O-])c1. The van der Waals surface area contributed by atoms with Gasteiger partial charge in [-0.05, 0) is 6.07 Å². The normalized spacial score (nSPS) is 8.89. The van der Waals surface area contributed by atoms with Gasteiger partial charge in [-0.3, -0.25) is 0 Å². The Hall–Kier alpha value is -1.45. The zero-order chi connectivity index (χ0) is 6.69. The quantitative estimate of drug-likeness (QED) is 0.337. The molecule has 0 aliphatic heterocycles. The highest BCUT2D eigenvalue weighted by Crippen LogP contribution is 2.03. The van der Waals surface area contributed by atoms with Gasteiger partial charge in [0.15, 0.2) is 6.20 Å². The Labute approximate surface area is 51.8 Å². The molecule has 0 saturated carbocycles. The molecule has 0 bridgehead atoms. The smallest absolute Gasteiger partial charge is 0.207 e. The van der Waals surface area contributed by atoms with Gasteiger partial charge in [0.05, 0.1) is 0 Å². The van der Waals surface area contributed by atoms with E-state index in [2.05, 4.69) is 5.11 Å². The minimum Gasteiger partial charge on any atom is -0.619 e. The molecule has 1 aromatic heterocycles. The van der Waals surface area contributed by atoms with Crippen LogP contribution in [0.15, 0.2) is 29.6 Å². The zero-order valence-corrected chi connectivity index (χ0v) is 4.61. The van der Waals surface area contributed by atoms with E-state index in [1.54, 1.807) is 12.1 Å². The second-order valence-electron chi connectivity index (χ2n) is 1.53. The fraction of sp³-hybridized carbons (Fsp3) is 0. The average Bonchev–Trinajstić information content (AvgIpc) is 1.88. The second-order valence-corrected chi connectivity index (χ2v) is 1.53. The largest absolute Gasteiger partial charge is 0.619 e. The molecule has 0 saturated heterocycles. The Kier molecular flexibility index (Phi) is 1.40.